The van der Waals surface area contributed by atoms with Gasteiger partial charge in [-0.3, -0.25) is 14.4 Å². The third-order valence-electron chi connectivity index (χ3n) is 5.15. The minimum atomic E-state index is -0.438. The van der Waals surface area contributed by atoms with Crippen molar-refractivity contribution in [2.45, 2.75) is 19.4 Å². The average Bonchev–Trinajstić information content (AvgIpc) is 2.71. The topological polar surface area (TPSA) is 74.7 Å². The van der Waals surface area contributed by atoms with E-state index in [0.717, 1.165) is 19.4 Å². The third kappa shape index (κ3) is 5.76. The molecule has 30 heavy (non-hydrogen) atoms. The predicted molar refractivity (Wildman–Crippen MR) is 113 cm³/mol. The molecule has 7 nitrogen and oxygen atoms in total. The van der Waals surface area contributed by atoms with Crippen molar-refractivity contribution in [1.29, 1.82) is 0 Å². The van der Waals surface area contributed by atoms with Gasteiger partial charge in [0.2, 0.25) is 5.91 Å². The van der Waals surface area contributed by atoms with E-state index in [1.807, 2.05) is 14.1 Å². The van der Waals surface area contributed by atoms with Crippen molar-refractivity contribution >= 4 is 17.5 Å². The van der Waals surface area contributed by atoms with E-state index in [0.29, 0.717) is 24.7 Å². The quantitative estimate of drug-likeness (QED) is 0.785. The number of carbonyl (C=O) groups excluding carboxylic acids is 2. The summed E-state index contributed by atoms with van der Waals surface area (Å²) in [6, 6.07) is 8.09. The Hall–Kier alpha value is -3.00. The number of halogens is 1. The predicted octanol–water partition coefficient (Wildman–Crippen LogP) is 2.04. The molecule has 2 heterocycles. The maximum Gasteiger partial charge on any atom is 0.257 e. The van der Waals surface area contributed by atoms with E-state index in [1.165, 1.54) is 47.2 Å². The number of rotatable bonds is 6. The summed E-state index contributed by atoms with van der Waals surface area (Å²) in [5.41, 5.74) is 0.342. The van der Waals surface area contributed by atoms with E-state index in [2.05, 4.69) is 10.2 Å². The maximum absolute atomic E-state index is 13.0. The van der Waals surface area contributed by atoms with Crippen LogP contribution < -0.4 is 10.9 Å². The second-order valence-electron chi connectivity index (χ2n) is 7.96. The fourth-order valence-corrected chi connectivity index (χ4v) is 3.73. The van der Waals surface area contributed by atoms with Gasteiger partial charge in [0.25, 0.3) is 11.5 Å². The largest absolute Gasteiger partial charge is 0.341 e. The molecule has 1 fully saturated rings. The molecular weight excluding hydrogens is 387 g/mol. The summed E-state index contributed by atoms with van der Waals surface area (Å²) >= 11 is 0. The molecule has 0 radical (unpaired) electrons. The number of aromatic nitrogens is 1. The first-order valence-corrected chi connectivity index (χ1v) is 10.0. The summed E-state index contributed by atoms with van der Waals surface area (Å²) in [7, 11) is 4.03. The molecule has 1 atom stereocenters. The van der Waals surface area contributed by atoms with Gasteiger partial charge < -0.3 is 19.7 Å². The van der Waals surface area contributed by atoms with Crippen LogP contribution in [0.1, 0.15) is 23.2 Å². The SMILES string of the molecule is CN(C)C[C@@H]1CCCN(C(=O)Cn2cc(C(=O)Nc3ccc(F)cc3)ccc2=O)C1. The highest BCUT2D eigenvalue weighted by atomic mass is 19.1. The molecule has 1 aromatic carbocycles. The van der Waals surface area contributed by atoms with Crippen LogP contribution >= 0.6 is 0 Å². The standard InChI is InChI=1S/C22H27FN4O3/c1-25(2)12-16-4-3-11-26(13-16)21(29)15-27-14-17(5-10-20(27)28)22(30)24-19-8-6-18(23)7-9-19/h5-10,14,16H,3-4,11-13,15H2,1-2H3,(H,24,30)/t16-/m0/s1. The Morgan fingerprint density at radius 2 is 1.90 bits per heavy atom. The first kappa shape index (κ1) is 21.7. The molecule has 0 spiro atoms. The molecular formula is C22H27FN4O3. The van der Waals surface area contributed by atoms with Gasteiger partial charge >= 0.3 is 0 Å². The highest BCUT2D eigenvalue weighted by Gasteiger charge is 2.24. The monoisotopic (exact) mass is 414 g/mol. The number of nitrogens with one attached hydrogen (secondary N) is 1. The van der Waals surface area contributed by atoms with E-state index in [-0.39, 0.29) is 23.6 Å². The van der Waals surface area contributed by atoms with Crippen molar-refractivity contribution in [2.24, 2.45) is 5.92 Å². The molecule has 2 amide bonds. The summed E-state index contributed by atoms with van der Waals surface area (Å²) in [5, 5.41) is 2.65. The fraction of sp³-hybridized carbons (Fsp3) is 0.409. The number of hydrogen-bond acceptors (Lipinski definition) is 4. The van der Waals surface area contributed by atoms with E-state index in [1.54, 1.807) is 4.90 Å². The first-order chi connectivity index (χ1) is 14.3. The van der Waals surface area contributed by atoms with Gasteiger partial charge in [0, 0.05) is 37.6 Å². The number of nitrogens with zero attached hydrogens (tertiary/aromatic N) is 3. The Bertz CT molecular complexity index is 956. The summed E-state index contributed by atoms with van der Waals surface area (Å²) in [6.45, 7) is 2.17. The number of likely N-dealkylation sites (tertiary alicyclic amines) is 1. The summed E-state index contributed by atoms with van der Waals surface area (Å²) in [6.07, 6.45) is 3.42. The highest BCUT2D eigenvalue weighted by molar-refractivity contribution is 6.04. The third-order valence-corrected chi connectivity index (χ3v) is 5.15. The number of piperidine rings is 1. The van der Waals surface area contributed by atoms with Crippen LogP contribution in [0.3, 0.4) is 0 Å². The van der Waals surface area contributed by atoms with Gasteiger partial charge in [-0.2, -0.15) is 0 Å². The molecule has 1 N–H and O–H groups in total. The van der Waals surface area contributed by atoms with Gasteiger partial charge in [0.15, 0.2) is 0 Å². The second kappa shape index (κ2) is 9.67. The zero-order chi connectivity index (χ0) is 21.7. The minimum absolute atomic E-state index is 0.106. The lowest BCUT2D eigenvalue weighted by Crippen LogP contribution is -2.44. The van der Waals surface area contributed by atoms with Crippen molar-refractivity contribution < 1.29 is 14.0 Å². The van der Waals surface area contributed by atoms with Gasteiger partial charge in [0.1, 0.15) is 12.4 Å². The van der Waals surface area contributed by atoms with Crippen LogP contribution in [0.25, 0.3) is 0 Å². The highest BCUT2D eigenvalue weighted by Crippen LogP contribution is 2.17. The lowest BCUT2D eigenvalue weighted by Gasteiger charge is -2.34. The molecule has 1 aliphatic rings. The maximum atomic E-state index is 13.0. The van der Waals surface area contributed by atoms with Gasteiger partial charge in [0.05, 0.1) is 5.56 Å². The van der Waals surface area contributed by atoms with Crippen molar-refractivity contribution in [1.82, 2.24) is 14.4 Å². The molecule has 1 saturated heterocycles. The Morgan fingerprint density at radius 1 is 1.17 bits per heavy atom. The van der Waals surface area contributed by atoms with Gasteiger partial charge in [-0.05, 0) is 63.2 Å². The van der Waals surface area contributed by atoms with Crippen LogP contribution in [-0.2, 0) is 11.3 Å². The van der Waals surface area contributed by atoms with Crippen molar-refractivity contribution in [3.05, 3.63) is 64.3 Å². The normalized spacial score (nSPS) is 16.5. The number of anilines is 1. The number of benzene rings is 1. The van der Waals surface area contributed by atoms with Crippen LogP contribution in [0, 0.1) is 11.7 Å². The van der Waals surface area contributed by atoms with Crippen molar-refractivity contribution in [3.63, 3.8) is 0 Å². The molecule has 8 heteroatoms. The molecule has 1 aliphatic heterocycles. The molecule has 0 saturated carbocycles. The van der Waals surface area contributed by atoms with Gasteiger partial charge in [-0.1, -0.05) is 0 Å². The van der Waals surface area contributed by atoms with Gasteiger partial charge in [-0.15, -0.1) is 0 Å². The molecule has 160 valence electrons. The van der Waals surface area contributed by atoms with E-state index >= 15 is 0 Å². The summed E-state index contributed by atoms with van der Waals surface area (Å²) in [5.74, 6) is -0.545. The second-order valence-corrected chi connectivity index (χ2v) is 7.96. The fourth-order valence-electron chi connectivity index (χ4n) is 3.73. The van der Waals surface area contributed by atoms with Crippen LogP contribution in [0.5, 0.6) is 0 Å². The minimum Gasteiger partial charge on any atom is -0.341 e. The lowest BCUT2D eigenvalue weighted by molar-refractivity contribution is -0.133. The van der Waals surface area contributed by atoms with Gasteiger partial charge in [-0.25, -0.2) is 4.39 Å². The number of carbonyl (C=O) groups is 2. The summed E-state index contributed by atoms with van der Waals surface area (Å²) < 4.78 is 14.3. The van der Waals surface area contributed by atoms with Crippen LogP contribution in [0.15, 0.2) is 47.4 Å². The first-order valence-electron chi connectivity index (χ1n) is 10.0. The summed E-state index contributed by atoms with van der Waals surface area (Å²) in [4.78, 5) is 41.4. The van der Waals surface area contributed by atoms with Crippen molar-refractivity contribution in [3.8, 4) is 0 Å². The molecule has 0 aliphatic carbocycles. The van der Waals surface area contributed by atoms with Crippen LogP contribution in [0.4, 0.5) is 10.1 Å². The van der Waals surface area contributed by atoms with Crippen molar-refractivity contribution in [2.75, 3.05) is 39.0 Å². The smallest absolute Gasteiger partial charge is 0.257 e. The molecule has 0 unspecified atom stereocenters. The van der Waals surface area contributed by atoms with E-state index in [4.69, 9.17) is 0 Å². The molecule has 3 rings (SSSR count). The molecule has 2 aromatic rings. The number of amides is 2. The Balaban J connectivity index is 1.67. The zero-order valence-electron chi connectivity index (χ0n) is 17.3. The average molecular weight is 414 g/mol. The van der Waals surface area contributed by atoms with E-state index in [9.17, 15) is 18.8 Å². The van der Waals surface area contributed by atoms with E-state index < -0.39 is 11.7 Å². The Morgan fingerprint density at radius 3 is 2.60 bits per heavy atom. The zero-order valence-corrected chi connectivity index (χ0v) is 17.3. The number of pyridine rings is 1. The van der Waals surface area contributed by atoms with Crippen LogP contribution in [0.2, 0.25) is 0 Å². The number of hydrogen-bond donors (Lipinski definition) is 1. The Labute approximate surface area is 175 Å². The van der Waals surface area contributed by atoms with Crippen LogP contribution in [-0.4, -0.2) is 59.9 Å². The molecule has 1 aromatic heterocycles. The molecule has 0 bridgehead atoms. The lowest BCUT2D eigenvalue weighted by atomic mass is 9.97. The Kier molecular flexibility index (Phi) is 6.99.